The molecule has 1 aliphatic rings. The Balaban J connectivity index is 1.55. The smallest absolute Gasteiger partial charge is 0.418 e. The van der Waals surface area contributed by atoms with E-state index in [4.69, 9.17) is 4.74 Å². The van der Waals surface area contributed by atoms with Crippen LogP contribution in [0.25, 0.3) is 0 Å². The number of benzene rings is 2. The van der Waals surface area contributed by atoms with E-state index in [9.17, 15) is 31.9 Å². The van der Waals surface area contributed by atoms with Crippen LogP contribution in [0.3, 0.4) is 0 Å². The number of nitrogens with zero attached hydrogens (tertiary/aromatic N) is 1. The number of carbonyl (C=O) groups is 3. The average molecular weight is 424 g/mol. The van der Waals surface area contributed by atoms with Crippen molar-refractivity contribution < 1.29 is 36.7 Å². The molecule has 2 amide bonds. The second-order valence-corrected chi connectivity index (χ2v) is 6.58. The van der Waals surface area contributed by atoms with Crippen LogP contribution in [-0.2, 0) is 25.3 Å². The number of nitrogens with one attached hydrogen (secondary N) is 1. The number of ether oxygens (including phenoxy) is 1. The molecule has 1 fully saturated rings. The van der Waals surface area contributed by atoms with E-state index in [-0.39, 0.29) is 18.9 Å². The fourth-order valence-corrected chi connectivity index (χ4v) is 3.02. The lowest BCUT2D eigenvalue weighted by molar-refractivity contribution is -0.151. The highest BCUT2D eigenvalue weighted by molar-refractivity contribution is 6.00. The van der Waals surface area contributed by atoms with Crippen LogP contribution in [0.15, 0.2) is 48.5 Å². The molecule has 1 atom stereocenters. The van der Waals surface area contributed by atoms with Gasteiger partial charge in [0.2, 0.25) is 5.91 Å². The van der Waals surface area contributed by atoms with Gasteiger partial charge in [0.15, 0.2) is 6.61 Å². The summed E-state index contributed by atoms with van der Waals surface area (Å²) in [5.74, 6) is -3.46. The van der Waals surface area contributed by atoms with Crippen molar-refractivity contribution in [2.45, 2.75) is 12.6 Å². The molecule has 30 heavy (non-hydrogen) atoms. The predicted molar refractivity (Wildman–Crippen MR) is 97.9 cm³/mol. The summed E-state index contributed by atoms with van der Waals surface area (Å²) >= 11 is 0. The normalized spacial score (nSPS) is 16.5. The summed E-state index contributed by atoms with van der Waals surface area (Å²) in [5.41, 5.74) is -1.07. The van der Waals surface area contributed by atoms with Crippen molar-refractivity contribution in [3.63, 3.8) is 0 Å². The van der Waals surface area contributed by atoms with E-state index in [0.717, 1.165) is 12.1 Å². The van der Waals surface area contributed by atoms with Gasteiger partial charge in [0.25, 0.3) is 5.91 Å². The zero-order valence-corrected chi connectivity index (χ0v) is 15.4. The third-order valence-electron chi connectivity index (χ3n) is 4.45. The summed E-state index contributed by atoms with van der Waals surface area (Å²) in [6.45, 7) is -0.811. The van der Waals surface area contributed by atoms with Crippen molar-refractivity contribution in [3.8, 4) is 0 Å². The van der Waals surface area contributed by atoms with E-state index in [1.54, 1.807) is 0 Å². The van der Waals surface area contributed by atoms with Gasteiger partial charge in [-0.2, -0.15) is 13.2 Å². The summed E-state index contributed by atoms with van der Waals surface area (Å²) in [7, 11) is 0. The third-order valence-corrected chi connectivity index (χ3v) is 4.45. The predicted octanol–water partition coefficient (Wildman–Crippen LogP) is 3.38. The first-order chi connectivity index (χ1) is 14.1. The van der Waals surface area contributed by atoms with Crippen molar-refractivity contribution in [2.24, 2.45) is 5.92 Å². The fourth-order valence-electron chi connectivity index (χ4n) is 3.02. The Labute approximate surface area is 168 Å². The van der Waals surface area contributed by atoms with Crippen LogP contribution < -0.4 is 10.2 Å². The molecule has 6 nitrogen and oxygen atoms in total. The SMILES string of the molecule is O=C(COC(=O)[C@@H]1CC(=O)N(c2ccc(F)cc2)C1)Nc1ccccc1C(F)(F)F. The van der Waals surface area contributed by atoms with Gasteiger partial charge in [-0.25, -0.2) is 4.39 Å². The molecule has 1 heterocycles. The number of amides is 2. The molecular weight excluding hydrogens is 408 g/mol. The van der Waals surface area contributed by atoms with Gasteiger partial charge in [-0.3, -0.25) is 14.4 Å². The van der Waals surface area contributed by atoms with Gasteiger partial charge in [0.05, 0.1) is 17.2 Å². The summed E-state index contributed by atoms with van der Waals surface area (Å²) in [5, 5.41) is 2.06. The van der Waals surface area contributed by atoms with Crippen LogP contribution in [-0.4, -0.2) is 30.9 Å². The number of para-hydroxylation sites is 1. The molecule has 0 aliphatic carbocycles. The Hall–Kier alpha value is -3.43. The number of carbonyl (C=O) groups excluding carboxylic acids is 3. The summed E-state index contributed by atoms with van der Waals surface area (Å²) in [4.78, 5) is 37.5. The van der Waals surface area contributed by atoms with E-state index in [2.05, 4.69) is 5.32 Å². The quantitative estimate of drug-likeness (QED) is 0.590. The number of halogens is 4. The molecule has 0 radical (unpaired) electrons. The van der Waals surface area contributed by atoms with Crippen molar-refractivity contribution >= 4 is 29.2 Å². The second kappa shape index (κ2) is 8.52. The molecule has 2 aromatic rings. The summed E-state index contributed by atoms with van der Waals surface area (Å²) < 4.78 is 56.8. The van der Waals surface area contributed by atoms with Crippen molar-refractivity contribution in [2.75, 3.05) is 23.4 Å². The molecule has 0 spiro atoms. The number of hydrogen-bond donors (Lipinski definition) is 1. The molecular formula is C20H16F4N2O4. The van der Waals surface area contributed by atoms with Gasteiger partial charge in [-0.05, 0) is 36.4 Å². The van der Waals surface area contributed by atoms with E-state index >= 15 is 0 Å². The van der Waals surface area contributed by atoms with Crippen molar-refractivity contribution in [3.05, 3.63) is 59.9 Å². The Morgan fingerprint density at radius 2 is 1.77 bits per heavy atom. The molecule has 2 aromatic carbocycles. The van der Waals surface area contributed by atoms with Gasteiger partial charge < -0.3 is 15.0 Å². The van der Waals surface area contributed by atoms with E-state index in [0.29, 0.717) is 5.69 Å². The first-order valence-corrected chi connectivity index (χ1v) is 8.84. The minimum absolute atomic E-state index is 0.0121. The maximum absolute atomic E-state index is 13.0. The fraction of sp³-hybridized carbons (Fsp3) is 0.250. The average Bonchev–Trinajstić information content (AvgIpc) is 3.08. The summed E-state index contributed by atoms with van der Waals surface area (Å²) in [6, 6.07) is 9.55. The number of hydrogen-bond acceptors (Lipinski definition) is 4. The zero-order chi connectivity index (χ0) is 21.9. The minimum Gasteiger partial charge on any atom is -0.455 e. The second-order valence-electron chi connectivity index (χ2n) is 6.58. The van der Waals surface area contributed by atoms with Crippen LogP contribution in [0.2, 0.25) is 0 Å². The highest BCUT2D eigenvalue weighted by Gasteiger charge is 2.37. The molecule has 158 valence electrons. The third kappa shape index (κ3) is 4.94. The monoisotopic (exact) mass is 424 g/mol. The first kappa shape index (κ1) is 21.3. The molecule has 0 bridgehead atoms. The van der Waals surface area contributed by atoms with Crippen LogP contribution >= 0.6 is 0 Å². The molecule has 1 N–H and O–H groups in total. The van der Waals surface area contributed by atoms with Gasteiger partial charge >= 0.3 is 12.1 Å². The highest BCUT2D eigenvalue weighted by atomic mass is 19.4. The van der Waals surface area contributed by atoms with Crippen molar-refractivity contribution in [1.82, 2.24) is 0 Å². The molecule has 1 saturated heterocycles. The highest BCUT2D eigenvalue weighted by Crippen LogP contribution is 2.34. The van der Waals surface area contributed by atoms with Crippen LogP contribution in [0, 0.1) is 11.7 Å². The topological polar surface area (TPSA) is 75.7 Å². The van der Waals surface area contributed by atoms with E-state index < -0.39 is 47.6 Å². The Morgan fingerprint density at radius 3 is 2.43 bits per heavy atom. The van der Waals surface area contributed by atoms with Crippen molar-refractivity contribution in [1.29, 1.82) is 0 Å². The molecule has 0 saturated carbocycles. The molecule has 10 heteroatoms. The Kier molecular flexibility index (Phi) is 6.04. The molecule has 1 aliphatic heterocycles. The van der Waals surface area contributed by atoms with Crippen LogP contribution in [0.1, 0.15) is 12.0 Å². The molecule has 3 rings (SSSR count). The van der Waals surface area contributed by atoms with Gasteiger partial charge in [-0.1, -0.05) is 12.1 Å². The van der Waals surface area contributed by atoms with Crippen LogP contribution in [0.4, 0.5) is 28.9 Å². The largest absolute Gasteiger partial charge is 0.455 e. The van der Waals surface area contributed by atoms with E-state index in [1.165, 1.54) is 41.3 Å². The Morgan fingerprint density at radius 1 is 1.10 bits per heavy atom. The number of anilines is 2. The number of esters is 1. The Bertz CT molecular complexity index is 960. The van der Waals surface area contributed by atoms with E-state index in [1.807, 2.05) is 0 Å². The van der Waals surface area contributed by atoms with Gasteiger partial charge in [0.1, 0.15) is 5.82 Å². The lowest BCUT2D eigenvalue weighted by atomic mass is 10.1. The minimum atomic E-state index is -4.66. The van der Waals surface area contributed by atoms with Crippen LogP contribution in [0.5, 0.6) is 0 Å². The summed E-state index contributed by atoms with van der Waals surface area (Å²) in [6.07, 6.45) is -4.82. The zero-order valence-electron chi connectivity index (χ0n) is 15.4. The number of rotatable bonds is 5. The molecule has 0 unspecified atom stereocenters. The maximum atomic E-state index is 13.0. The molecule has 0 aromatic heterocycles. The van der Waals surface area contributed by atoms with Gasteiger partial charge in [0, 0.05) is 18.7 Å². The first-order valence-electron chi connectivity index (χ1n) is 8.84. The standard InChI is InChI=1S/C20H16F4N2O4/c21-13-5-7-14(8-6-13)26-10-12(9-18(26)28)19(29)30-11-17(27)25-16-4-2-1-3-15(16)20(22,23)24/h1-8,12H,9-11H2,(H,25,27)/t12-/m1/s1. The number of alkyl halides is 3. The lowest BCUT2D eigenvalue weighted by Gasteiger charge is -2.16. The van der Waals surface area contributed by atoms with Gasteiger partial charge in [-0.15, -0.1) is 0 Å². The lowest BCUT2D eigenvalue weighted by Crippen LogP contribution is -2.28. The maximum Gasteiger partial charge on any atom is 0.418 e.